The Labute approximate surface area is 129 Å². The standard InChI is InChI=1S/C14H20ClN5O/c1-5-19-9-11(10(3)17-19)8-18(4)14(21)13-12(15)7-16-20(13)6-2/h7,9H,5-6,8H2,1-4H3. The van der Waals surface area contributed by atoms with Crippen molar-refractivity contribution in [1.82, 2.24) is 24.5 Å². The van der Waals surface area contributed by atoms with Crippen LogP contribution in [0.15, 0.2) is 12.4 Å². The summed E-state index contributed by atoms with van der Waals surface area (Å²) in [6.07, 6.45) is 3.48. The summed E-state index contributed by atoms with van der Waals surface area (Å²) >= 11 is 6.08. The smallest absolute Gasteiger partial charge is 0.273 e. The maximum Gasteiger partial charge on any atom is 0.273 e. The number of aryl methyl sites for hydroxylation is 3. The molecule has 21 heavy (non-hydrogen) atoms. The summed E-state index contributed by atoms with van der Waals surface area (Å²) in [6, 6.07) is 0. The Hall–Kier alpha value is -1.82. The van der Waals surface area contributed by atoms with Crippen molar-refractivity contribution in [2.24, 2.45) is 0 Å². The van der Waals surface area contributed by atoms with Crippen LogP contribution in [0.2, 0.25) is 5.02 Å². The van der Waals surface area contributed by atoms with Crippen molar-refractivity contribution in [2.75, 3.05) is 7.05 Å². The summed E-state index contributed by atoms with van der Waals surface area (Å²) in [5, 5.41) is 8.87. The highest BCUT2D eigenvalue weighted by atomic mass is 35.5. The molecule has 1 amide bonds. The molecule has 0 unspecified atom stereocenters. The van der Waals surface area contributed by atoms with Crippen LogP contribution in [0.25, 0.3) is 0 Å². The minimum absolute atomic E-state index is 0.136. The number of hydrogen-bond donors (Lipinski definition) is 0. The monoisotopic (exact) mass is 309 g/mol. The van der Waals surface area contributed by atoms with E-state index in [-0.39, 0.29) is 5.91 Å². The number of rotatable bonds is 5. The van der Waals surface area contributed by atoms with Gasteiger partial charge in [0, 0.05) is 38.4 Å². The Morgan fingerprint density at radius 3 is 2.67 bits per heavy atom. The number of amides is 1. The predicted octanol–water partition coefficient (Wildman–Crippen LogP) is 2.35. The third-order valence-corrected chi connectivity index (χ3v) is 3.70. The van der Waals surface area contributed by atoms with Crippen molar-refractivity contribution in [3.63, 3.8) is 0 Å². The molecule has 114 valence electrons. The first-order valence-corrected chi connectivity index (χ1v) is 7.35. The molecule has 2 aromatic rings. The van der Waals surface area contributed by atoms with E-state index in [9.17, 15) is 4.79 Å². The van der Waals surface area contributed by atoms with E-state index in [4.69, 9.17) is 11.6 Å². The van der Waals surface area contributed by atoms with Gasteiger partial charge < -0.3 is 4.90 Å². The summed E-state index contributed by atoms with van der Waals surface area (Å²) in [6.45, 7) is 7.82. The van der Waals surface area contributed by atoms with E-state index >= 15 is 0 Å². The van der Waals surface area contributed by atoms with E-state index in [1.807, 2.05) is 31.6 Å². The lowest BCUT2D eigenvalue weighted by molar-refractivity contribution is 0.0773. The van der Waals surface area contributed by atoms with Crippen LogP contribution in [0.5, 0.6) is 0 Å². The van der Waals surface area contributed by atoms with Gasteiger partial charge in [0.2, 0.25) is 0 Å². The highest BCUT2D eigenvalue weighted by molar-refractivity contribution is 6.33. The van der Waals surface area contributed by atoms with Gasteiger partial charge >= 0.3 is 0 Å². The zero-order valence-corrected chi connectivity index (χ0v) is 13.6. The van der Waals surface area contributed by atoms with Crippen molar-refractivity contribution in [1.29, 1.82) is 0 Å². The van der Waals surface area contributed by atoms with Gasteiger partial charge in [0.05, 0.1) is 16.9 Å². The van der Waals surface area contributed by atoms with Crippen LogP contribution >= 0.6 is 11.6 Å². The van der Waals surface area contributed by atoms with Crippen molar-refractivity contribution >= 4 is 17.5 Å². The third kappa shape index (κ3) is 3.10. The van der Waals surface area contributed by atoms with Gasteiger partial charge in [0.15, 0.2) is 0 Å². The molecule has 2 aromatic heterocycles. The predicted molar refractivity (Wildman–Crippen MR) is 81.3 cm³/mol. The molecule has 0 radical (unpaired) electrons. The van der Waals surface area contributed by atoms with Crippen LogP contribution < -0.4 is 0 Å². The van der Waals surface area contributed by atoms with Gasteiger partial charge in [-0.05, 0) is 20.8 Å². The van der Waals surface area contributed by atoms with Gasteiger partial charge in [-0.3, -0.25) is 14.2 Å². The molecular weight excluding hydrogens is 290 g/mol. The Kier molecular flexibility index (Phi) is 4.67. The van der Waals surface area contributed by atoms with Crippen LogP contribution in [-0.4, -0.2) is 37.4 Å². The first kappa shape index (κ1) is 15.6. The summed E-state index contributed by atoms with van der Waals surface area (Å²) in [5.74, 6) is -0.136. The average Bonchev–Trinajstić information content (AvgIpc) is 3.01. The lowest BCUT2D eigenvalue weighted by atomic mass is 10.2. The minimum atomic E-state index is -0.136. The lowest BCUT2D eigenvalue weighted by Gasteiger charge is -2.17. The molecule has 0 fully saturated rings. The number of hydrogen-bond acceptors (Lipinski definition) is 3. The fraction of sp³-hybridized carbons (Fsp3) is 0.500. The van der Waals surface area contributed by atoms with Crippen LogP contribution in [0.1, 0.15) is 35.6 Å². The number of halogens is 1. The number of carbonyl (C=O) groups excluding carboxylic acids is 1. The maximum atomic E-state index is 12.6. The summed E-state index contributed by atoms with van der Waals surface area (Å²) in [5.41, 5.74) is 2.40. The third-order valence-electron chi connectivity index (χ3n) is 3.42. The number of nitrogens with zero attached hydrogens (tertiary/aromatic N) is 5. The average molecular weight is 310 g/mol. The molecule has 0 saturated heterocycles. The normalized spacial score (nSPS) is 10.9. The van der Waals surface area contributed by atoms with E-state index in [1.54, 1.807) is 16.6 Å². The lowest BCUT2D eigenvalue weighted by Crippen LogP contribution is -2.28. The molecule has 0 aliphatic carbocycles. The molecule has 0 atom stereocenters. The van der Waals surface area contributed by atoms with Gasteiger partial charge in [0.25, 0.3) is 5.91 Å². The van der Waals surface area contributed by atoms with Crippen molar-refractivity contribution in [3.8, 4) is 0 Å². The highest BCUT2D eigenvalue weighted by Crippen LogP contribution is 2.18. The fourth-order valence-corrected chi connectivity index (χ4v) is 2.42. The summed E-state index contributed by atoms with van der Waals surface area (Å²) < 4.78 is 3.48. The first-order valence-electron chi connectivity index (χ1n) is 6.97. The molecule has 0 aliphatic rings. The van der Waals surface area contributed by atoms with Crippen LogP contribution in [-0.2, 0) is 19.6 Å². The molecule has 0 saturated carbocycles. The molecule has 0 aromatic carbocycles. The molecule has 7 heteroatoms. The van der Waals surface area contributed by atoms with E-state index in [0.29, 0.717) is 23.8 Å². The molecule has 0 spiro atoms. The Balaban J connectivity index is 2.19. The molecule has 2 rings (SSSR count). The van der Waals surface area contributed by atoms with E-state index in [2.05, 4.69) is 10.2 Å². The second kappa shape index (κ2) is 6.30. The zero-order chi connectivity index (χ0) is 15.6. The molecule has 2 heterocycles. The number of carbonyl (C=O) groups is 1. The van der Waals surface area contributed by atoms with E-state index < -0.39 is 0 Å². The van der Waals surface area contributed by atoms with Gasteiger partial charge in [-0.2, -0.15) is 10.2 Å². The fourth-order valence-electron chi connectivity index (χ4n) is 2.20. The first-order chi connectivity index (χ1) is 9.97. The second-order valence-electron chi connectivity index (χ2n) is 4.91. The molecule has 0 N–H and O–H groups in total. The molecule has 0 aliphatic heterocycles. The Morgan fingerprint density at radius 1 is 1.38 bits per heavy atom. The summed E-state index contributed by atoms with van der Waals surface area (Å²) in [4.78, 5) is 14.2. The minimum Gasteiger partial charge on any atom is -0.336 e. The SMILES string of the molecule is CCn1cc(CN(C)C(=O)c2c(Cl)cnn2CC)c(C)n1. The molecule has 0 bridgehead atoms. The van der Waals surface area contributed by atoms with Gasteiger partial charge in [0.1, 0.15) is 5.69 Å². The summed E-state index contributed by atoms with van der Waals surface area (Å²) in [7, 11) is 1.76. The van der Waals surface area contributed by atoms with Gasteiger partial charge in [-0.25, -0.2) is 0 Å². The Bertz CT molecular complexity index is 646. The maximum absolute atomic E-state index is 12.6. The van der Waals surface area contributed by atoms with Crippen LogP contribution in [0, 0.1) is 6.92 Å². The van der Waals surface area contributed by atoms with Crippen LogP contribution in [0.4, 0.5) is 0 Å². The highest BCUT2D eigenvalue weighted by Gasteiger charge is 2.21. The number of aromatic nitrogens is 4. The Morgan fingerprint density at radius 2 is 2.10 bits per heavy atom. The zero-order valence-electron chi connectivity index (χ0n) is 12.8. The van der Waals surface area contributed by atoms with Crippen molar-refractivity contribution in [3.05, 3.63) is 34.4 Å². The molecular formula is C14H20ClN5O. The molecule has 6 nitrogen and oxygen atoms in total. The topological polar surface area (TPSA) is 56.0 Å². The largest absolute Gasteiger partial charge is 0.336 e. The van der Waals surface area contributed by atoms with E-state index in [0.717, 1.165) is 17.8 Å². The van der Waals surface area contributed by atoms with E-state index in [1.165, 1.54) is 6.20 Å². The van der Waals surface area contributed by atoms with Crippen LogP contribution in [0.3, 0.4) is 0 Å². The van der Waals surface area contributed by atoms with Gasteiger partial charge in [-0.15, -0.1) is 0 Å². The second-order valence-corrected chi connectivity index (χ2v) is 5.32. The quantitative estimate of drug-likeness (QED) is 0.852. The van der Waals surface area contributed by atoms with Gasteiger partial charge in [-0.1, -0.05) is 11.6 Å². The van der Waals surface area contributed by atoms with Crippen molar-refractivity contribution in [2.45, 2.75) is 40.4 Å². The van der Waals surface area contributed by atoms with Crippen molar-refractivity contribution < 1.29 is 4.79 Å².